The van der Waals surface area contributed by atoms with E-state index < -0.39 is 23.6 Å². The molecule has 8 atom stereocenters. The molecule has 29 heavy (non-hydrogen) atoms. The minimum Gasteiger partial charge on any atom is -0.390 e. The van der Waals surface area contributed by atoms with Crippen LogP contribution in [-0.2, 0) is 4.74 Å². The Kier molecular flexibility index (Phi) is 4.69. The normalized spacial score (nSPS) is 51.5. The third kappa shape index (κ3) is 3.28. The van der Waals surface area contributed by atoms with Crippen LogP contribution in [0.5, 0.6) is 0 Å². The minimum atomic E-state index is -4.10. The molecule has 0 bridgehead atoms. The van der Waals surface area contributed by atoms with E-state index >= 15 is 0 Å². The largest absolute Gasteiger partial charge is 0.390 e. The minimum absolute atomic E-state index is 0.0448. The van der Waals surface area contributed by atoms with Gasteiger partial charge in [0.05, 0.1) is 25.2 Å². The van der Waals surface area contributed by atoms with Crippen molar-refractivity contribution in [3.05, 3.63) is 0 Å². The summed E-state index contributed by atoms with van der Waals surface area (Å²) in [6.45, 7) is 4.93. The number of fused-ring (bicyclic) bond motifs is 5. The molecule has 5 rings (SSSR count). The maximum absolute atomic E-state index is 13.4. The molecule has 4 aliphatic carbocycles. The van der Waals surface area contributed by atoms with Gasteiger partial charge in [-0.05, 0) is 106 Å². The Hall–Kier alpha value is -0.290. The van der Waals surface area contributed by atoms with Crippen LogP contribution in [0.15, 0.2) is 0 Å². The van der Waals surface area contributed by atoms with Crippen LogP contribution in [0, 0.1) is 46.3 Å². The molecule has 0 radical (unpaired) electrons. The van der Waals surface area contributed by atoms with E-state index in [4.69, 9.17) is 4.74 Å². The lowest BCUT2D eigenvalue weighted by atomic mass is 9.47. The van der Waals surface area contributed by atoms with Gasteiger partial charge in [0, 0.05) is 5.41 Å². The van der Waals surface area contributed by atoms with Crippen LogP contribution in [0.3, 0.4) is 0 Å². The van der Waals surface area contributed by atoms with Gasteiger partial charge in [0.15, 0.2) is 0 Å². The number of hydrogen-bond donors (Lipinski definition) is 1. The second-order valence-corrected chi connectivity index (χ2v) is 12.0. The Labute approximate surface area is 173 Å². The topological polar surface area (TPSA) is 29.5 Å². The average molecular weight is 415 g/mol. The Balaban J connectivity index is 1.36. The highest BCUT2D eigenvalue weighted by Gasteiger charge is 2.64. The molecule has 0 spiro atoms. The van der Waals surface area contributed by atoms with Crippen molar-refractivity contribution < 1.29 is 23.0 Å². The predicted octanol–water partition coefficient (Wildman–Crippen LogP) is 5.98. The van der Waals surface area contributed by atoms with Crippen molar-refractivity contribution in [3.63, 3.8) is 0 Å². The van der Waals surface area contributed by atoms with E-state index in [1.54, 1.807) is 0 Å². The lowest BCUT2D eigenvalue weighted by Gasteiger charge is -2.59. The van der Waals surface area contributed by atoms with Crippen molar-refractivity contribution in [3.8, 4) is 0 Å². The summed E-state index contributed by atoms with van der Waals surface area (Å²) < 4.78 is 45.6. The molecule has 4 saturated carbocycles. The van der Waals surface area contributed by atoms with Gasteiger partial charge < -0.3 is 9.84 Å². The van der Waals surface area contributed by atoms with Crippen molar-refractivity contribution in [2.24, 2.45) is 46.3 Å². The van der Waals surface area contributed by atoms with Crippen LogP contribution in [0.2, 0.25) is 0 Å². The van der Waals surface area contributed by atoms with E-state index in [-0.39, 0.29) is 11.3 Å². The van der Waals surface area contributed by atoms with Gasteiger partial charge in [-0.1, -0.05) is 6.92 Å². The first-order chi connectivity index (χ1) is 13.5. The SMILES string of the molecule is CC1(O)CCC2C(CCC3C2CCC2(C)C3CCC2C2(CC(F)(F)F)COC2)C1. The van der Waals surface area contributed by atoms with E-state index in [0.717, 1.165) is 50.4 Å². The Morgan fingerprint density at radius 1 is 0.897 bits per heavy atom. The lowest BCUT2D eigenvalue weighted by molar-refractivity contribution is -0.244. The fourth-order valence-electron chi connectivity index (χ4n) is 9.28. The molecule has 1 aliphatic heterocycles. The van der Waals surface area contributed by atoms with E-state index in [9.17, 15) is 18.3 Å². The van der Waals surface area contributed by atoms with Crippen LogP contribution in [0.25, 0.3) is 0 Å². The van der Waals surface area contributed by atoms with Crippen molar-refractivity contribution in [1.29, 1.82) is 0 Å². The third-order valence-electron chi connectivity index (χ3n) is 10.3. The quantitative estimate of drug-likeness (QED) is 0.603. The smallest absolute Gasteiger partial charge is 0.389 e. The van der Waals surface area contributed by atoms with Gasteiger partial charge in [0.2, 0.25) is 0 Å². The standard InChI is InChI=1S/C24H37F3O2/c1-21(28)9-7-16-15(11-21)3-4-18-17(16)8-10-22(2)19(18)5-6-20(22)23(13-29-14-23)12-24(25,26)27/h15-20,28H,3-14H2,1-2H3. The van der Waals surface area contributed by atoms with Crippen molar-refractivity contribution >= 4 is 0 Å². The maximum Gasteiger partial charge on any atom is 0.389 e. The van der Waals surface area contributed by atoms with Gasteiger partial charge >= 0.3 is 6.18 Å². The number of alkyl halides is 3. The van der Waals surface area contributed by atoms with Crippen molar-refractivity contribution in [2.45, 2.75) is 89.8 Å². The zero-order valence-electron chi connectivity index (χ0n) is 17.9. The predicted molar refractivity (Wildman–Crippen MR) is 105 cm³/mol. The van der Waals surface area contributed by atoms with Gasteiger partial charge in [-0.3, -0.25) is 0 Å². The fraction of sp³-hybridized carbons (Fsp3) is 1.00. The molecule has 0 aromatic carbocycles. The summed E-state index contributed by atoms with van der Waals surface area (Å²) in [5.41, 5.74) is -1.12. The number of ether oxygens (including phenoxy) is 1. The summed E-state index contributed by atoms with van der Waals surface area (Å²) in [4.78, 5) is 0. The van der Waals surface area contributed by atoms with Crippen molar-refractivity contribution in [2.75, 3.05) is 13.2 Å². The summed E-state index contributed by atoms with van der Waals surface area (Å²) in [7, 11) is 0. The summed E-state index contributed by atoms with van der Waals surface area (Å²) in [5, 5.41) is 10.5. The van der Waals surface area contributed by atoms with E-state index in [0.29, 0.717) is 31.0 Å². The van der Waals surface area contributed by atoms with Gasteiger partial charge in [-0.25, -0.2) is 0 Å². The molecule has 1 saturated heterocycles. The van der Waals surface area contributed by atoms with Crippen LogP contribution in [0.1, 0.15) is 78.1 Å². The van der Waals surface area contributed by atoms with Crippen LogP contribution >= 0.6 is 0 Å². The van der Waals surface area contributed by atoms with Crippen LogP contribution in [-0.4, -0.2) is 30.1 Å². The van der Waals surface area contributed by atoms with E-state index in [1.165, 1.54) is 19.3 Å². The fourth-order valence-corrected chi connectivity index (χ4v) is 9.28. The van der Waals surface area contributed by atoms with Gasteiger partial charge in [0.25, 0.3) is 0 Å². The van der Waals surface area contributed by atoms with Gasteiger partial charge in [-0.2, -0.15) is 13.2 Å². The molecule has 2 nitrogen and oxygen atoms in total. The summed E-state index contributed by atoms with van der Waals surface area (Å²) in [5.74, 6) is 3.54. The number of rotatable bonds is 2. The Morgan fingerprint density at radius 3 is 2.28 bits per heavy atom. The Morgan fingerprint density at radius 2 is 1.62 bits per heavy atom. The summed E-state index contributed by atoms with van der Waals surface area (Å²) in [6.07, 6.45) is 4.97. The highest BCUT2D eigenvalue weighted by atomic mass is 19.4. The van der Waals surface area contributed by atoms with Gasteiger partial charge in [-0.15, -0.1) is 0 Å². The molecule has 8 unspecified atom stereocenters. The van der Waals surface area contributed by atoms with Crippen molar-refractivity contribution in [1.82, 2.24) is 0 Å². The Bertz CT molecular complexity index is 641. The lowest BCUT2D eigenvalue weighted by Crippen LogP contribution is -2.57. The molecule has 1 heterocycles. The van der Waals surface area contributed by atoms with E-state index in [1.807, 2.05) is 6.92 Å². The average Bonchev–Trinajstić information content (AvgIpc) is 2.93. The number of halogens is 3. The first-order valence-corrected chi connectivity index (χ1v) is 11.9. The third-order valence-corrected chi connectivity index (χ3v) is 10.3. The second-order valence-electron chi connectivity index (χ2n) is 12.0. The molecular formula is C24H37F3O2. The first kappa shape index (κ1) is 20.6. The molecular weight excluding hydrogens is 377 g/mol. The molecule has 0 aromatic heterocycles. The zero-order chi connectivity index (χ0) is 20.7. The highest BCUT2D eigenvalue weighted by Crippen LogP contribution is 2.69. The number of hydrogen-bond acceptors (Lipinski definition) is 2. The van der Waals surface area contributed by atoms with Crippen LogP contribution in [0.4, 0.5) is 13.2 Å². The molecule has 5 aliphatic rings. The molecule has 5 fully saturated rings. The first-order valence-electron chi connectivity index (χ1n) is 11.9. The zero-order valence-corrected chi connectivity index (χ0v) is 17.9. The summed E-state index contributed by atoms with van der Waals surface area (Å²) in [6, 6.07) is 0. The van der Waals surface area contributed by atoms with Gasteiger partial charge in [0.1, 0.15) is 0 Å². The second kappa shape index (κ2) is 6.60. The molecule has 5 heteroatoms. The molecule has 0 amide bonds. The maximum atomic E-state index is 13.4. The summed E-state index contributed by atoms with van der Waals surface area (Å²) >= 11 is 0. The number of aliphatic hydroxyl groups is 1. The monoisotopic (exact) mass is 414 g/mol. The molecule has 0 aromatic rings. The molecule has 1 N–H and O–H groups in total. The molecule has 166 valence electrons. The van der Waals surface area contributed by atoms with E-state index in [2.05, 4.69) is 6.92 Å². The highest BCUT2D eigenvalue weighted by molar-refractivity contribution is 5.11. The van der Waals surface area contributed by atoms with Crippen LogP contribution < -0.4 is 0 Å².